The summed E-state index contributed by atoms with van der Waals surface area (Å²) in [5, 5.41) is -6.36. The molecule has 16 heteroatoms. The fourth-order valence-corrected chi connectivity index (χ4v) is 8.74. The lowest BCUT2D eigenvalue weighted by Crippen LogP contribution is -1.99. The number of rotatable bonds is 9. The van der Waals surface area contributed by atoms with Crippen LogP contribution in [0.25, 0.3) is 0 Å². The summed E-state index contributed by atoms with van der Waals surface area (Å²) in [6.07, 6.45) is 0. The smallest absolute Gasteiger partial charge is 0.263 e. The van der Waals surface area contributed by atoms with Crippen LogP contribution in [0.2, 0.25) is 0 Å². The Morgan fingerprint density at radius 3 is 0.933 bits per heavy atom. The molecule has 0 aliphatic rings. The Bertz CT molecular complexity index is 1050. The molecule has 0 aliphatic heterocycles. The summed E-state index contributed by atoms with van der Waals surface area (Å²) in [7, 11) is 1.29. The molecule has 158 valence electrons. The summed E-state index contributed by atoms with van der Waals surface area (Å²) in [6, 6.07) is 0. The molecule has 2 aromatic rings. The van der Waals surface area contributed by atoms with E-state index in [1.807, 2.05) is 0 Å². The second kappa shape index (κ2) is 10.7. The van der Waals surface area contributed by atoms with Gasteiger partial charge in [-0.05, 0) is 91.2 Å². The van der Waals surface area contributed by atoms with Crippen LogP contribution in [0.15, 0.2) is 9.79 Å². The van der Waals surface area contributed by atoms with Gasteiger partial charge in [-0.2, -0.15) is 0 Å². The fraction of sp³-hybridized carbons (Fsp3) is 0. The van der Waals surface area contributed by atoms with Crippen molar-refractivity contribution in [3.63, 3.8) is 0 Å². The van der Waals surface area contributed by atoms with Crippen LogP contribution in [0, 0.1) is 0 Å². The molecule has 6 nitrogen and oxygen atoms in total. The van der Waals surface area contributed by atoms with Gasteiger partial charge in [-0.15, -0.1) is 22.7 Å². The molecule has 2 aromatic heterocycles. The number of carbonyl (C=O) groups excluding carboxylic acids is 6. The third-order valence-corrected chi connectivity index (χ3v) is 9.74. The Morgan fingerprint density at radius 1 is 0.467 bits per heavy atom. The van der Waals surface area contributed by atoms with E-state index in [1.165, 1.54) is 0 Å². The van der Waals surface area contributed by atoms with Crippen LogP contribution in [-0.4, -0.2) is 31.5 Å². The van der Waals surface area contributed by atoms with E-state index >= 15 is 0 Å². The van der Waals surface area contributed by atoms with E-state index in [9.17, 15) is 28.8 Å². The van der Waals surface area contributed by atoms with Gasteiger partial charge in [0.05, 0.1) is 20.9 Å². The van der Waals surface area contributed by atoms with Crippen LogP contribution < -0.4 is 0 Å². The van der Waals surface area contributed by atoms with Gasteiger partial charge in [-0.3, -0.25) is 28.8 Å². The largest absolute Gasteiger partial charge is 0.276 e. The first-order valence-electron chi connectivity index (χ1n) is 6.75. The van der Waals surface area contributed by atoms with Crippen molar-refractivity contribution in [2.45, 2.75) is 9.79 Å². The molecular formula is C14Cl6O6S4. The van der Waals surface area contributed by atoms with Crippen molar-refractivity contribution in [3.05, 3.63) is 30.6 Å². The molecule has 0 aromatic carbocycles. The quantitative estimate of drug-likeness (QED) is 0.225. The molecule has 2 rings (SSSR count). The minimum atomic E-state index is -1.10. The van der Waals surface area contributed by atoms with Crippen LogP contribution in [0.4, 0.5) is 0 Å². The fourth-order valence-electron chi connectivity index (χ4n) is 1.97. The maximum atomic E-state index is 11.9. The van der Waals surface area contributed by atoms with E-state index in [4.69, 9.17) is 69.6 Å². The van der Waals surface area contributed by atoms with Crippen molar-refractivity contribution >= 4 is 145 Å². The molecule has 0 bridgehead atoms. The van der Waals surface area contributed by atoms with Gasteiger partial charge in [0.15, 0.2) is 0 Å². The van der Waals surface area contributed by atoms with Gasteiger partial charge < -0.3 is 0 Å². The molecule has 0 saturated heterocycles. The highest BCUT2D eigenvalue weighted by Crippen LogP contribution is 2.50. The number of carbonyl (C=O) groups is 6. The molecule has 0 unspecified atom stereocenters. The van der Waals surface area contributed by atoms with E-state index < -0.39 is 31.5 Å². The van der Waals surface area contributed by atoms with Gasteiger partial charge in [-0.25, -0.2) is 0 Å². The number of thiophene rings is 2. The highest BCUT2D eigenvalue weighted by atomic mass is 35.5. The second-order valence-corrected chi connectivity index (χ2v) is 11.0. The molecule has 0 atom stereocenters. The third-order valence-electron chi connectivity index (χ3n) is 3.04. The van der Waals surface area contributed by atoms with Crippen LogP contribution in [-0.2, 0) is 0 Å². The Morgan fingerprint density at radius 2 is 0.733 bits per heavy atom. The molecule has 2 heterocycles. The lowest BCUT2D eigenvalue weighted by atomic mass is 10.2. The van der Waals surface area contributed by atoms with Crippen LogP contribution >= 0.6 is 114 Å². The predicted octanol–water partition coefficient (Wildman–Crippen LogP) is 6.88. The lowest BCUT2D eigenvalue weighted by molar-refractivity contribution is 0.105. The van der Waals surface area contributed by atoms with Gasteiger partial charge >= 0.3 is 0 Å². The molecule has 0 aliphatic carbocycles. The SMILES string of the molecule is O=C(Cl)c1sc(C(=O)Cl)c(C(=O)Cl)c1SSc1c(C(=O)Cl)sc(C(=O)Cl)c1C(=O)Cl. The van der Waals surface area contributed by atoms with Gasteiger partial charge in [0.25, 0.3) is 31.5 Å². The molecule has 0 radical (unpaired) electrons. The van der Waals surface area contributed by atoms with Crippen LogP contribution in [0.5, 0.6) is 0 Å². The zero-order valence-corrected chi connectivity index (χ0v) is 21.2. The standard InChI is InChI=1S/C14Cl6O6S4/c15-9(21)1-3(7(13(19)25)27-5(1)11(17)23)29-30-4-2(10(16)22)6(12(18)24)28-8(4)14(20)26. The number of halogens is 6. The lowest BCUT2D eigenvalue weighted by Gasteiger charge is -2.05. The summed E-state index contributed by atoms with van der Waals surface area (Å²) >= 11 is 34.1. The Kier molecular flexibility index (Phi) is 9.27. The van der Waals surface area contributed by atoms with Gasteiger partial charge in [0, 0.05) is 0 Å². The number of hydrogen-bond donors (Lipinski definition) is 0. The van der Waals surface area contributed by atoms with Gasteiger partial charge in [0.1, 0.15) is 19.5 Å². The number of hydrogen-bond acceptors (Lipinski definition) is 10. The molecule has 30 heavy (non-hydrogen) atoms. The van der Waals surface area contributed by atoms with E-state index in [-0.39, 0.29) is 40.4 Å². The van der Waals surface area contributed by atoms with Crippen molar-refractivity contribution in [1.82, 2.24) is 0 Å². The van der Waals surface area contributed by atoms with Crippen LogP contribution in [0.1, 0.15) is 59.4 Å². The highest BCUT2D eigenvalue weighted by Gasteiger charge is 2.32. The Balaban J connectivity index is 2.67. The summed E-state index contributed by atoms with van der Waals surface area (Å²) in [5.74, 6) is 0. The average Bonchev–Trinajstić information content (AvgIpc) is 3.18. The molecule has 0 spiro atoms. The van der Waals surface area contributed by atoms with E-state index in [0.29, 0.717) is 44.3 Å². The Labute approximate surface area is 212 Å². The predicted molar refractivity (Wildman–Crippen MR) is 121 cm³/mol. The molecule has 0 saturated carbocycles. The maximum Gasteiger partial charge on any atom is 0.263 e. The normalized spacial score (nSPS) is 10.7. The minimum absolute atomic E-state index is 0.139. The van der Waals surface area contributed by atoms with Crippen LogP contribution in [0.3, 0.4) is 0 Å². The zero-order valence-electron chi connectivity index (χ0n) is 13.4. The third kappa shape index (κ3) is 5.43. The minimum Gasteiger partial charge on any atom is -0.276 e. The van der Waals surface area contributed by atoms with E-state index in [0.717, 1.165) is 0 Å². The van der Waals surface area contributed by atoms with Crippen molar-refractivity contribution in [2.75, 3.05) is 0 Å². The molecular weight excluding hydrogens is 605 g/mol. The second-order valence-electron chi connectivity index (χ2n) is 4.74. The molecule has 0 amide bonds. The van der Waals surface area contributed by atoms with Crippen molar-refractivity contribution in [1.29, 1.82) is 0 Å². The summed E-state index contributed by atoms with van der Waals surface area (Å²) < 4.78 is 0. The average molecular weight is 605 g/mol. The first-order valence-corrected chi connectivity index (χ1v) is 12.8. The molecule has 0 fully saturated rings. The zero-order chi connectivity index (χ0) is 22.9. The van der Waals surface area contributed by atoms with Gasteiger partial charge in [-0.1, -0.05) is 0 Å². The van der Waals surface area contributed by atoms with Crippen molar-refractivity contribution in [3.8, 4) is 0 Å². The highest BCUT2D eigenvalue weighted by molar-refractivity contribution is 8.76. The first-order chi connectivity index (χ1) is 13.9. The monoisotopic (exact) mass is 602 g/mol. The van der Waals surface area contributed by atoms with Crippen molar-refractivity contribution in [2.24, 2.45) is 0 Å². The van der Waals surface area contributed by atoms with E-state index in [2.05, 4.69) is 0 Å². The van der Waals surface area contributed by atoms with E-state index in [1.54, 1.807) is 0 Å². The van der Waals surface area contributed by atoms with Gasteiger partial charge in [0.2, 0.25) is 0 Å². The summed E-state index contributed by atoms with van der Waals surface area (Å²) in [5.41, 5.74) is -0.769. The summed E-state index contributed by atoms with van der Waals surface area (Å²) in [6.45, 7) is 0. The first kappa shape index (κ1) is 26.1. The maximum absolute atomic E-state index is 11.9. The Hall–Kier alpha value is -0.140. The van der Waals surface area contributed by atoms with Crippen molar-refractivity contribution < 1.29 is 28.8 Å². The summed E-state index contributed by atoms with van der Waals surface area (Å²) in [4.78, 5) is 69.1. The molecule has 0 N–H and O–H groups in total. The topological polar surface area (TPSA) is 102 Å².